The van der Waals surface area contributed by atoms with Crippen LogP contribution in [0.15, 0.2) is 10.2 Å². The van der Waals surface area contributed by atoms with E-state index in [4.69, 9.17) is 5.73 Å². The highest BCUT2D eigenvalue weighted by Crippen LogP contribution is 2.09. The predicted molar refractivity (Wildman–Crippen MR) is 70.8 cm³/mol. The van der Waals surface area contributed by atoms with E-state index in [1.807, 2.05) is 14.1 Å². The lowest BCUT2D eigenvalue weighted by Crippen LogP contribution is -2.16. The van der Waals surface area contributed by atoms with Gasteiger partial charge >= 0.3 is 4.87 Å². The molecule has 0 spiro atoms. The zero-order valence-electron chi connectivity index (χ0n) is 9.97. The lowest BCUT2D eigenvalue weighted by molar-refractivity contribution is 0.942. The van der Waals surface area contributed by atoms with Crippen molar-refractivity contribution in [2.45, 2.75) is 6.54 Å². The van der Waals surface area contributed by atoms with Gasteiger partial charge in [-0.25, -0.2) is 0 Å². The quantitative estimate of drug-likeness (QED) is 0.707. The highest BCUT2D eigenvalue weighted by molar-refractivity contribution is 7.07. The molecular weight excluding hydrogens is 254 g/mol. The first kappa shape index (κ1) is 12.3. The summed E-state index contributed by atoms with van der Waals surface area (Å²) in [5, 5.41) is 4.72. The average molecular weight is 267 g/mol. The maximum Gasteiger partial charge on any atom is 0.304 e. The second-order valence-electron chi connectivity index (χ2n) is 3.74. The summed E-state index contributed by atoms with van der Waals surface area (Å²) in [6.45, 7) is 0.426. The molecule has 0 aliphatic carbocycles. The Morgan fingerprint density at radius 1 is 1.44 bits per heavy atom. The normalized spacial score (nSPS) is 10.3. The van der Waals surface area contributed by atoms with Gasteiger partial charge < -0.3 is 20.9 Å². The summed E-state index contributed by atoms with van der Waals surface area (Å²) >= 11 is 1.11. The van der Waals surface area contributed by atoms with E-state index in [0.29, 0.717) is 18.4 Å². The van der Waals surface area contributed by atoms with E-state index in [1.165, 1.54) is 0 Å². The molecule has 9 heteroatoms. The number of aromatic amines is 1. The molecule has 0 atom stereocenters. The highest BCUT2D eigenvalue weighted by Gasteiger charge is 2.06. The average Bonchev–Trinajstić information content (AvgIpc) is 2.72. The monoisotopic (exact) mass is 267 g/mol. The van der Waals surface area contributed by atoms with Crippen LogP contribution in [0.5, 0.6) is 0 Å². The van der Waals surface area contributed by atoms with Crippen LogP contribution in [0.4, 0.5) is 17.8 Å². The van der Waals surface area contributed by atoms with Crippen molar-refractivity contribution in [3.63, 3.8) is 0 Å². The first-order chi connectivity index (χ1) is 8.54. The van der Waals surface area contributed by atoms with Gasteiger partial charge in [0, 0.05) is 25.2 Å². The SMILES string of the molecule is CN(C)c1nc(N)nc(NCc2csc(=O)[nH]2)n1. The minimum absolute atomic E-state index is 0.0871. The molecule has 2 rings (SSSR count). The third kappa shape index (κ3) is 2.94. The van der Waals surface area contributed by atoms with Crippen LogP contribution in [0.2, 0.25) is 0 Å². The number of H-pyrrole nitrogens is 1. The predicted octanol–water partition coefficient (Wildman–Crippen LogP) is -0.118. The van der Waals surface area contributed by atoms with E-state index in [1.54, 1.807) is 10.3 Å². The number of rotatable bonds is 4. The summed E-state index contributed by atoms with van der Waals surface area (Å²) in [5.41, 5.74) is 6.36. The van der Waals surface area contributed by atoms with E-state index in [2.05, 4.69) is 25.3 Å². The lowest BCUT2D eigenvalue weighted by atomic mass is 10.5. The number of hydrogen-bond acceptors (Lipinski definition) is 8. The van der Waals surface area contributed by atoms with Crippen LogP contribution in [0.3, 0.4) is 0 Å². The summed E-state index contributed by atoms with van der Waals surface area (Å²) in [6.07, 6.45) is 0. The van der Waals surface area contributed by atoms with Crippen LogP contribution in [-0.4, -0.2) is 34.0 Å². The van der Waals surface area contributed by atoms with Gasteiger partial charge in [0.25, 0.3) is 0 Å². The molecule has 8 nitrogen and oxygen atoms in total. The lowest BCUT2D eigenvalue weighted by Gasteiger charge is -2.11. The fourth-order valence-electron chi connectivity index (χ4n) is 1.23. The number of nitrogens with zero attached hydrogens (tertiary/aromatic N) is 4. The van der Waals surface area contributed by atoms with E-state index in [9.17, 15) is 4.79 Å². The largest absolute Gasteiger partial charge is 0.368 e. The van der Waals surface area contributed by atoms with E-state index < -0.39 is 0 Å². The Morgan fingerprint density at radius 3 is 2.83 bits per heavy atom. The molecule has 96 valence electrons. The zero-order valence-corrected chi connectivity index (χ0v) is 10.8. The van der Waals surface area contributed by atoms with Gasteiger partial charge in [-0.2, -0.15) is 15.0 Å². The molecule has 0 radical (unpaired) electrons. The molecular formula is C9H13N7OS. The fourth-order valence-corrected chi connectivity index (χ4v) is 1.82. The number of hydrogen-bond donors (Lipinski definition) is 3. The van der Waals surface area contributed by atoms with Crippen LogP contribution in [0.1, 0.15) is 5.69 Å². The topological polar surface area (TPSA) is 113 Å². The third-order valence-electron chi connectivity index (χ3n) is 2.05. The van der Waals surface area contributed by atoms with Crippen LogP contribution >= 0.6 is 11.3 Å². The van der Waals surface area contributed by atoms with Crippen LogP contribution in [0.25, 0.3) is 0 Å². The van der Waals surface area contributed by atoms with Crippen molar-refractivity contribution in [3.8, 4) is 0 Å². The first-order valence-electron chi connectivity index (χ1n) is 5.14. The number of thiazole rings is 1. The molecule has 0 aliphatic rings. The number of nitrogens with two attached hydrogens (primary N) is 1. The minimum atomic E-state index is -0.0871. The Labute approximate surface area is 107 Å². The minimum Gasteiger partial charge on any atom is -0.368 e. The number of nitrogen functional groups attached to an aromatic ring is 1. The Balaban J connectivity index is 2.11. The van der Waals surface area contributed by atoms with E-state index >= 15 is 0 Å². The molecule has 0 saturated carbocycles. The first-order valence-corrected chi connectivity index (χ1v) is 6.02. The molecule has 2 aromatic rings. The molecule has 0 bridgehead atoms. The van der Waals surface area contributed by atoms with Crippen molar-refractivity contribution in [1.29, 1.82) is 0 Å². The molecule has 2 aromatic heterocycles. The van der Waals surface area contributed by atoms with Gasteiger partial charge in [-0.05, 0) is 0 Å². The molecule has 0 amide bonds. The molecule has 18 heavy (non-hydrogen) atoms. The zero-order chi connectivity index (χ0) is 13.1. The number of anilines is 3. The number of nitrogens with one attached hydrogen (secondary N) is 2. The standard InChI is InChI=1S/C9H13N7OS/c1-16(2)8-14-6(10)13-7(15-8)11-3-5-4-18-9(17)12-5/h4H,3H2,1-2H3,(H,12,17)(H3,10,11,13,14,15). The molecule has 4 N–H and O–H groups in total. The van der Waals surface area contributed by atoms with Gasteiger partial charge in [-0.1, -0.05) is 11.3 Å². The van der Waals surface area contributed by atoms with Crippen LogP contribution in [-0.2, 0) is 6.54 Å². The summed E-state index contributed by atoms with van der Waals surface area (Å²) in [4.78, 5) is 27.4. The van der Waals surface area contributed by atoms with Gasteiger partial charge in [0.15, 0.2) is 0 Å². The van der Waals surface area contributed by atoms with Gasteiger partial charge in [0.2, 0.25) is 17.8 Å². The highest BCUT2D eigenvalue weighted by atomic mass is 32.1. The van der Waals surface area contributed by atoms with Crippen molar-refractivity contribution in [3.05, 3.63) is 20.7 Å². The van der Waals surface area contributed by atoms with Crippen molar-refractivity contribution >= 4 is 29.2 Å². The van der Waals surface area contributed by atoms with Gasteiger partial charge in [0.05, 0.1) is 6.54 Å². The van der Waals surface area contributed by atoms with Crippen molar-refractivity contribution < 1.29 is 0 Å². The summed E-state index contributed by atoms with van der Waals surface area (Å²) in [5.74, 6) is 0.997. The van der Waals surface area contributed by atoms with Gasteiger partial charge in [0.1, 0.15) is 0 Å². The van der Waals surface area contributed by atoms with Crippen LogP contribution in [0, 0.1) is 0 Å². The summed E-state index contributed by atoms with van der Waals surface area (Å²) in [6, 6.07) is 0. The Hall–Kier alpha value is -2.16. The van der Waals surface area contributed by atoms with Crippen molar-refractivity contribution in [2.24, 2.45) is 0 Å². The molecule has 0 saturated heterocycles. The smallest absolute Gasteiger partial charge is 0.304 e. The third-order valence-corrected chi connectivity index (χ3v) is 2.77. The molecule has 0 fully saturated rings. The maximum absolute atomic E-state index is 11.0. The summed E-state index contributed by atoms with van der Waals surface area (Å²) in [7, 11) is 3.63. The molecule has 2 heterocycles. The fraction of sp³-hybridized carbons (Fsp3) is 0.333. The van der Waals surface area contributed by atoms with Crippen LogP contribution < -0.4 is 20.8 Å². The van der Waals surface area contributed by atoms with E-state index in [-0.39, 0.29) is 10.8 Å². The Bertz CT molecular complexity index is 591. The maximum atomic E-state index is 11.0. The Kier molecular flexibility index (Phi) is 3.42. The second-order valence-corrected chi connectivity index (χ2v) is 4.58. The Morgan fingerprint density at radius 2 is 2.22 bits per heavy atom. The van der Waals surface area contributed by atoms with Crippen molar-refractivity contribution in [2.75, 3.05) is 30.0 Å². The molecule has 0 aliphatic heterocycles. The second kappa shape index (κ2) is 5.00. The van der Waals surface area contributed by atoms with Crippen molar-refractivity contribution in [1.82, 2.24) is 19.9 Å². The van der Waals surface area contributed by atoms with E-state index in [0.717, 1.165) is 17.0 Å². The molecule has 0 unspecified atom stereocenters. The number of aromatic nitrogens is 4. The van der Waals surface area contributed by atoms with Gasteiger partial charge in [-0.3, -0.25) is 4.79 Å². The van der Waals surface area contributed by atoms with Gasteiger partial charge in [-0.15, -0.1) is 0 Å². The summed E-state index contributed by atoms with van der Waals surface area (Å²) < 4.78 is 0. The molecule has 0 aromatic carbocycles.